The van der Waals surface area contributed by atoms with Crippen molar-refractivity contribution in [3.63, 3.8) is 0 Å². The van der Waals surface area contributed by atoms with Gasteiger partial charge in [0, 0.05) is 12.6 Å². The Morgan fingerprint density at radius 2 is 2.20 bits per heavy atom. The molecule has 2 atom stereocenters. The van der Waals surface area contributed by atoms with Gasteiger partial charge in [-0.1, -0.05) is 18.2 Å². The Morgan fingerprint density at radius 1 is 1.40 bits per heavy atom. The molecule has 1 heterocycles. The summed E-state index contributed by atoms with van der Waals surface area (Å²) in [5.41, 5.74) is 1.29. The number of nitrogens with zero attached hydrogens (tertiary/aromatic N) is 1. The molecule has 0 amide bonds. The zero-order valence-electron chi connectivity index (χ0n) is 13.1. The third-order valence-corrected chi connectivity index (χ3v) is 4.20. The molecule has 0 aromatic heterocycles. The number of benzene rings is 1. The van der Waals surface area contributed by atoms with Crippen molar-refractivity contribution in [2.75, 3.05) is 33.8 Å². The molecule has 112 valence electrons. The first kappa shape index (κ1) is 15.3. The Labute approximate surface area is 123 Å². The van der Waals surface area contributed by atoms with Crippen molar-refractivity contribution >= 4 is 0 Å². The van der Waals surface area contributed by atoms with Gasteiger partial charge in [-0.05, 0) is 63.9 Å². The van der Waals surface area contributed by atoms with Crippen molar-refractivity contribution in [3.05, 3.63) is 29.8 Å². The zero-order chi connectivity index (χ0) is 14.4. The zero-order valence-corrected chi connectivity index (χ0v) is 13.1. The van der Waals surface area contributed by atoms with Crippen LogP contribution in [0.1, 0.15) is 25.3 Å². The van der Waals surface area contributed by atoms with Gasteiger partial charge in [-0.3, -0.25) is 0 Å². The number of piperidine rings is 1. The highest BCUT2D eigenvalue weighted by atomic mass is 16.5. The molecule has 1 N–H and O–H groups in total. The molecule has 20 heavy (non-hydrogen) atoms. The molecule has 1 aliphatic heterocycles. The van der Waals surface area contributed by atoms with Crippen LogP contribution in [0.5, 0.6) is 5.75 Å². The van der Waals surface area contributed by atoms with Gasteiger partial charge in [0.1, 0.15) is 5.75 Å². The number of hydrogen-bond donors (Lipinski definition) is 1. The predicted octanol–water partition coefficient (Wildman–Crippen LogP) is 2.56. The molecule has 0 unspecified atom stereocenters. The quantitative estimate of drug-likeness (QED) is 0.864. The first-order valence-electron chi connectivity index (χ1n) is 7.73. The lowest BCUT2D eigenvalue weighted by Crippen LogP contribution is -2.40. The van der Waals surface area contributed by atoms with E-state index in [0.717, 1.165) is 24.6 Å². The molecule has 1 aromatic rings. The molecule has 0 spiro atoms. The third-order valence-electron chi connectivity index (χ3n) is 4.20. The molecule has 0 radical (unpaired) electrons. The average Bonchev–Trinajstić information content (AvgIpc) is 2.46. The van der Waals surface area contributed by atoms with E-state index < -0.39 is 0 Å². The van der Waals surface area contributed by atoms with E-state index in [1.807, 2.05) is 12.1 Å². The van der Waals surface area contributed by atoms with Crippen molar-refractivity contribution in [3.8, 4) is 5.75 Å². The van der Waals surface area contributed by atoms with Gasteiger partial charge < -0.3 is 15.0 Å². The fourth-order valence-electron chi connectivity index (χ4n) is 3.08. The SMILES string of the molecule is COc1ccccc1C[C@@H](C)NC[C@H]1CCCN(C)C1. The number of rotatable bonds is 6. The summed E-state index contributed by atoms with van der Waals surface area (Å²) >= 11 is 0. The highest BCUT2D eigenvalue weighted by Crippen LogP contribution is 2.19. The van der Waals surface area contributed by atoms with Gasteiger partial charge in [0.05, 0.1) is 7.11 Å². The number of likely N-dealkylation sites (tertiary alicyclic amines) is 1. The standard InChI is InChI=1S/C17H28N2O/c1-14(11-16-8-4-5-9-17(16)20-3)18-12-15-7-6-10-19(2)13-15/h4-5,8-9,14-15,18H,6-7,10-13H2,1-3H3/t14-,15-/m1/s1. The molecule has 1 saturated heterocycles. The molecule has 0 bridgehead atoms. The van der Waals surface area contributed by atoms with E-state index in [4.69, 9.17) is 4.74 Å². The highest BCUT2D eigenvalue weighted by molar-refractivity contribution is 5.33. The molecular formula is C17H28N2O. The Hall–Kier alpha value is -1.06. The van der Waals surface area contributed by atoms with Crippen LogP contribution in [0.3, 0.4) is 0 Å². The lowest BCUT2D eigenvalue weighted by molar-refractivity contribution is 0.203. The molecule has 3 heteroatoms. The molecule has 1 aromatic carbocycles. The molecule has 3 nitrogen and oxygen atoms in total. The Bertz CT molecular complexity index is 408. The van der Waals surface area contributed by atoms with Crippen molar-refractivity contribution < 1.29 is 4.74 Å². The van der Waals surface area contributed by atoms with Crippen LogP contribution < -0.4 is 10.1 Å². The summed E-state index contributed by atoms with van der Waals surface area (Å²) in [5.74, 6) is 1.80. The monoisotopic (exact) mass is 276 g/mol. The van der Waals surface area contributed by atoms with Gasteiger partial charge in [-0.25, -0.2) is 0 Å². The lowest BCUT2D eigenvalue weighted by Gasteiger charge is -2.30. The van der Waals surface area contributed by atoms with Crippen LogP contribution >= 0.6 is 0 Å². The van der Waals surface area contributed by atoms with Gasteiger partial charge in [0.2, 0.25) is 0 Å². The number of ether oxygens (including phenoxy) is 1. The highest BCUT2D eigenvalue weighted by Gasteiger charge is 2.17. The van der Waals surface area contributed by atoms with E-state index >= 15 is 0 Å². The average molecular weight is 276 g/mol. The van der Waals surface area contributed by atoms with E-state index in [-0.39, 0.29) is 0 Å². The second-order valence-electron chi connectivity index (χ2n) is 6.10. The summed E-state index contributed by atoms with van der Waals surface area (Å²) in [6, 6.07) is 8.79. The minimum Gasteiger partial charge on any atom is -0.496 e. The molecule has 2 rings (SSSR count). The maximum atomic E-state index is 5.42. The summed E-state index contributed by atoms with van der Waals surface area (Å²) in [4.78, 5) is 2.45. The molecule has 1 fully saturated rings. The van der Waals surface area contributed by atoms with Gasteiger partial charge >= 0.3 is 0 Å². The maximum absolute atomic E-state index is 5.42. The van der Waals surface area contributed by atoms with Gasteiger partial charge in [0.15, 0.2) is 0 Å². The summed E-state index contributed by atoms with van der Waals surface area (Å²) in [7, 11) is 3.97. The first-order valence-corrected chi connectivity index (χ1v) is 7.73. The van der Waals surface area contributed by atoms with Crippen LogP contribution in [-0.4, -0.2) is 44.7 Å². The third kappa shape index (κ3) is 4.50. The topological polar surface area (TPSA) is 24.5 Å². The van der Waals surface area contributed by atoms with Crippen molar-refractivity contribution in [1.29, 1.82) is 0 Å². The number of methoxy groups -OCH3 is 1. The molecule has 0 saturated carbocycles. The molecule has 1 aliphatic rings. The van der Waals surface area contributed by atoms with Crippen molar-refractivity contribution in [2.45, 2.75) is 32.2 Å². The smallest absolute Gasteiger partial charge is 0.122 e. The number of para-hydroxylation sites is 1. The van der Waals surface area contributed by atoms with E-state index in [0.29, 0.717) is 6.04 Å². The number of nitrogens with one attached hydrogen (secondary N) is 1. The summed E-state index contributed by atoms with van der Waals surface area (Å²) in [6.45, 7) is 5.88. The summed E-state index contributed by atoms with van der Waals surface area (Å²) in [5, 5.41) is 3.69. The van der Waals surface area contributed by atoms with Gasteiger partial charge in [-0.2, -0.15) is 0 Å². The normalized spacial score (nSPS) is 21.6. The Kier molecular flexibility index (Phi) is 5.86. The van der Waals surface area contributed by atoms with Crippen LogP contribution in [0.4, 0.5) is 0 Å². The van der Waals surface area contributed by atoms with Gasteiger partial charge in [0.25, 0.3) is 0 Å². The second-order valence-corrected chi connectivity index (χ2v) is 6.10. The summed E-state index contributed by atoms with van der Waals surface area (Å²) in [6.07, 6.45) is 3.72. The van der Waals surface area contributed by atoms with Crippen LogP contribution in [0.2, 0.25) is 0 Å². The maximum Gasteiger partial charge on any atom is 0.122 e. The second kappa shape index (κ2) is 7.65. The van der Waals surface area contributed by atoms with Crippen LogP contribution in [0.25, 0.3) is 0 Å². The molecule has 0 aliphatic carbocycles. The van der Waals surface area contributed by atoms with Crippen molar-refractivity contribution in [2.24, 2.45) is 5.92 Å². The largest absolute Gasteiger partial charge is 0.496 e. The van der Waals surface area contributed by atoms with E-state index in [2.05, 4.69) is 36.3 Å². The van der Waals surface area contributed by atoms with Crippen LogP contribution in [0.15, 0.2) is 24.3 Å². The van der Waals surface area contributed by atoms with Crippen LogP contribution in [0, 0.1) is 5.92 Å². The Balaban J connectivity index is 1.78. The van der Waals surface area contributed by atoms with Crippen LogP contribution in [-0.2, 0) is 6.42 Å². The fraction of sp³-hybridized carbons (Fsp3) is 0.647. The minimum absolute atomic E-state index is 0.485. The molecular weight excluding hydrogens is 248 g/mol. The summed E-state index contributed by atoms with van der Waals surface area (Å²) < 4.78 is 5.42. The lowest BCUT2D eigenvalue weighted by atomic mass is 9.97. The first-order chi connectivity index (χ1) is 9.69. The van der Waals surface area contributed by atoms with E-state index in [9.17, 15) is 0 Å². The van der Waals surface area contributed by atoms with Crippen molar-refractivity contribution in [1.82, 2.24) is 10.2 Å². The minimum atomic E-state index is 0.485. The van der Waals surface area contributed by atoms with E-state index in [1.54, 1.807) is 7.11 Å². The Morgan fingerprint density at radius 3 is 2.95 bits per heavy atom. The predicted molar refractivity (Wildman–Crippen MR) is 84.4 cm³/mol. The van der Waals surface area contributed by atoms with Gasteiger partial charge in [-0.15, -0.1) is 0 Å². The fourth-order valence-corrected chi connectivity index (χ4v) is 3.08. The van der Waals surface area contributed by atoms with E-state index in [1.165, 1.54) is 31.5 Å². The number of hydrogen-bond acceptors (Lipinski definition) is 3.